The predicted octanol–water partition coefficient (Wildman–Crippen LogP) is 2.03. The fraction of sp³-hybridized carbons (Fsp3) is 0.333. The van der Waals surface area contributed by atoms with E-state index in [4.69, 9.17) is 5.73 Å². The third kappa shape index (κ3) is 5.24. The number of nitrogens with zero attached hydrogens (tertiary/aromatic N) is 1. The van der Waals surface area contributed by atoms with Crippen LogP contribution in [0.2, 0.25) is 0 Å². The van der Waals surface area contributed by atoms with Crippen molar-refractivity contribution in [3.63, 3.8) is 0 Å². The van der Waals surface area contributed by atoms with Crippen molar-refractivity contribution in [2.45, 2.75) is 25.8 Å². The van der Waals surface area contributed by atoms with Gasteiger partial charge in [0, 0.05) is 18.3 Å². The zero-order valence-corrected chi connectivity index (χ0v) is 12.5. The van der Waals surface area contributed by atoms with Gasteiger partial charge in [0.25, 0.3) is 0 Å². The third-order valence-electron chi connectivity index (χ3n) is 2.94. The van der Waals surface area contributed by atoms with Gasteiger partial charge in [0.1, 0.15) is 5.82 Å². The Morgan fingerprint density at radius 2 is 2.10 bits per heavy atom. The van der Waals surface area contributed by atoms with Gasteiger partial charge in [-0.1, -0.05) is 12.1 Å². The van der Waals surface area contributed by atoms with E-state index in [-0.39, 0.29) is 18.1 Å². The van der Waals surface area contributed by atoms with Gasteiger partial charge in [0.15, 0.2) is 0 Å². The second-order valence-corrected chi connectivity index (χ2v) is 5.65. The SMILES string of the molecule is NCCCc1nc(CC(=O)NCc2ccc(F)cc2)cs1. The highest BCUT2D eigenvalue weighted by Crippen LogP contribution is 2.12. The van der Waals surface area contributed by atoms with Crippen LogP contribution in [0.3, 0.4) is 0 Å². The molecule has 112 valence electrons. The standard InChI is InChI=1S/C15H18FN3OS/c16-12-5-3-11(4-6-12)9-18-14(20)8-13-10-21-15(19-13)2-1-7-17/h3-6,10H,1-2,7-9,17H2,(H,18,20). The average Bonchev–Trinajstić information content (AvgIpc) is 2.92. The zero-order chi connectivity index (χ0) is 15.1. The van der Waals surface area contributed by atoms with E-state index in [2.05, 4.69) is 10.3 Å². The maximum absolute atomic E-state index is 12.8. The number of aryl methyl sites for hydroxylation is 1. The van der Waals surface area contributed by atoms with Crippen LogP contribution < -0.4 is 11.1 Å². The van der Waals surface area contributed by atoms with Gasteiger partial charge in [-0.2, -0.15) is 0 Å². The summed E-state index contributed by atoms with van der Waals surface area (Å²) >= 11 is 1.56. The van der Waals surface area contributed by atoms with Crippen molar-refractivity contribution < 1.29 is 9.18 Å². The molecular formula is C15H18FN3OS. The molecule has 0 fully saturated rings. The summed E-state index contributed by atoms with van der Waals surface area (Å²) in [6.45, 7) is 1.04. The van der Waals surface area contributed by atoms with E-state index >= 15 is 0 Å². The van der Waals surface area contributed by atoms with Gasteiger partial charge in [0.2, 0.25) is 5.91 Å². The van der Waals surface area contributed by atoms with Crippen molar-refractivity contribution in [3.8, 4) is 0 Å². The second kappa shape index (κ2) is 7.85. The van der Waals surface area contributed by atoms with Gasteiger partial charge in [-0.3, -0.25) is 4.79 Å². The van der Waals surface area contributed by atoms with Crippen LogP contribution in [0.15, 0.2) is 29.6 Å². The Labute approximate surface area is 127 Å². The highest BCUT2D eigenvalue weighted by molar-refractivity contribution is 7.09. The molecule has 0 aliphatic heterocycles. The average molecular weight is 307 g/mol. The van der Waals surface area contributed by atoms with Crippen LogP contribution in [0.1, 0.15) is 22.7 Å². The molecule has 0 saturated carbocycles. The van der Waals surface area contributed by atoms with E-state index in [1.807, 2.05) is 5.38 Å². The van der Waals surface area contributed by atoms with Gasteiger partial charge in [-0.15, -0.1) is 11.3 Å². The van der Waals surface area contributed by atoms with E-state index in [1.165, 1.54) is 12.1 Å². The first-order chi connectivity index (χ1) is 10.2. The molecule has 1 heterocycles. The normalized spacial score (nSPS) is 10.6. The Hall–Kier alpha value is -1.79. The number of halogens is 1. The summed E-state index contributed by atoms with van der Waals surface area (Å²) in [5.41, 5.74) is 7.11. The lowest BCUT2D eigenvalue weighted by molar-refractivity contribution is -0.120. The molecule has 0 aliphatic carbocycles. The van der Waals surface area contributed by atoms with Gasteiger partial charge < -0.3 is 11.1 Å². The molecule has 0 radical (unpaired) electrons. The first-order valence-electron chi connectivity index (χ1n) is 6.82. The topological polar surface area (TPSA) is 68.0 Å². The highest BCUT2D eigenvalue weighted by atomic mass is 32.1. The summed E-state index contributed by atoms with van der Waals surface area (Å²) in [6.07, 6.45) is 2.03. The van der Waals surface area contributed by atoms with E-state index in [0.717, 1.165) is 29.1 Å². The van der Waals surface area contributed by atoms with Crippen LogP contribution in [-0.4, -0.2) is 17.4 Å². The molecule has 2 aromatic rings. The number of hydrogen-bond donors (Lipinski definition) is 2. The van der Waals surface area contributed by atoms with Crippen molar-refractivity contribution in [2.75, 3.05) is 6.54 Å². The number of nitrogens with one attached hydrogen (secondary N) is 1. The zero-order valence-electron chi connectivity index (χ0n) is 11.6. The van der Waals surface area contributed by atoms with Crippen LogP contribution >= 0.6 is 11.3 Å². The molecule has 1 aromatic carbocycles. The van der Waals surface area contributed by atoms with Crippen LogP contribution in [0.4, 0.5) is 4.39 Å². The van der Waals surface area contributed by atoms with Crippen molar-refractivity contribution in [1.29, 1.82) is 0 Å². The van der Waals surface area contributed by atoms with E-state index in [1.54, 1.807) is 23.5 Å². The molecule has 0 bridgehead atoms. The number of rotatable bonds is 7. The molecule has 21 heavy (non-hydrogen) atoms. The molecule has 0 aliphatic rings. The minimum absolute atomic E-state index is 0.0880. The van der Waals surface area contributed by atoms with Crippen LogP contribution in [0.5, 0.6) is 0 Å². The number of carbonyl (C=O) groups is 1. The van der Waals surface area contributed by atoms with Crippen molar-refractivity contribution >= 4 is 17.2 Å². The number of thiazole rings is 1. The lowest BCUT2D eigenvalue weighted by Gasteiger charge is -2.04. The van der Waals surface area contributed by atoms with Gasteiger partial charge in [0.05, 0.1) is 17.1 Å². The maximum atomic E-state index is 12.8. The van der Waals surface area contributed by atoms with Crippen molar-refractivity contribution in [1.82, 2.24) is 10.3 Å². The number of hydrogen-bond acceptors (Lipinski definition) is 4. The minimum Gasteiger partial charge on any atom is -0.352 e. The predicted molar refractivity (Wildman–Crippen MR) is 81.4 cm³/mol. The first kappa shape index (κ1) is 15.6. The summed E-state index contributed by atoms with van der Waals surface area (Å²) < 4.78 is 12.8. The van der Waals surface area contributed by atoms with E-state index in [0.29, 0.717) is 13.1 Å². The smallest absolute Gasteiger partial charge is 0.226 e. The number of carbonyl (C=O) groups excluding carboxylic acids is 1. The maximum Gasteiger partial charge on any atom is 0.226 e. The molecule has 6 heteroatoms. The first-order valence-corrected chi connectivity index (χ1v) is 7.70. The molecule has 0 unspecified atom stereocenters. The number of nitrogens with two attached hydrogens (primary N) is 1. The fourth-order valence-electron chi connectivity index (χ4n) is 1.83. The molecule has 0 atom stereocenters. The van der Waals surface area contributed by atoms with Crippen LogP contribution in [0.25, 0.3) is 0 Å². The molecule has 4 nitrogen and oxygen atoms in total. The summed E-state index contributed by atoms with van der Waals surface area (Å²) in [5.74, 6) is -0.368. The molecule has 2 rings (SSSR count). The molecule has 1 aromatic heterocycles. The summed E-state index contributed by atoms with van der Waals surface area (Å²) in [4.78, 5) is 16.2. The lowest BCUT2D eigenvalue weighted by Crippen LogP contribution is -2.24. The van der Waals surface area contributed by atoms with E-state index in [9.17, 15) is 9.18 Å². The van der Waals surface area contributed by atoms with Gasteiger partial charge in [-0.25, -0.2) is 9.37 Å². The minimum atomic E-state index is -0.280. The highest BCUT2D eigenvalue weighted by Gasteiger charge is 2.07. The fourth-order valence-corrected chi connectivity index (χ4v) is 2.67. The number of aromatic nitrogens is 1. The molecule has 0 saturated heterocycles. The van der Waals surface area contributed by atoms with Crippen LogP contribution in [-0.2, 0) is 24.2 Å². The largest absolute Gasteiger partial charge is 0.352 e. The lowest BCUT2D eigenvalue weighted by atomic mass is 10.2. The summed E-state index contributed by atoms with van der Waals surface area (Å²) in [7, 11) is 0. The molecule has 0 spiro atoms. The van der Waals surface area contributed by atoms with E-state index < -0.39 is 0 Å². The van der Waals surface area contributed by atoms with Gasteiger partial charge in [-0.05, 0) is 30.7 Å². The quantitative estimate of drug-likeness (QED) is 0.822. The third-order valence-corrected chi connectivity index (χ3v) is 3.90. The molecular weight excluding hydrogens is 289 g/mol. The summed E-state index contributed by atoms with van der Waals surface area (Å²) in [6, 6.07) is 6.07. The molecule has 1 amide bonds. The number of amides is 1. The van der Waals surface area contributed by atoms with Crippen molar-refractivity contribution in [3.05, 3.63) is 51.7 Å². The second-order valence-electron chi connectivity index (χ2n) is 4.70. The Morgan fingerprint density at radius 1 is 1.33 bits per heavy atom. The Bertz CT molecular complexity index is 583. The summed E-state index contributed by atoms with van der Waals surface area (Å²) in [5, 5.41) is 5.72. The van der Waals surface area contributed by atoms with Gasteiger partial charge >= 0.3 is 0 Å². The van der Waals surface area contributed by atoms with Crippen LogP contribution in [0, 0.1) is 5.82 Å². The molecule has 3 N–H and O–H groups in total. The monoisotopic (exact) mass is 307 g/mol. The Balaban J connectivity index is 1.78. The Morgan fingerprint density at radius 3 is 2.81 bits per heavy atom. The Kier molecular flexibility index (Phi) is 5.83. The number of benzene rings is 1. The van der Waals surface area contributed by atoms with Crippen molar-refractivity contribution in [2.24, 2.45) is 5.73 Å².